The fraction of sp³-hybridized carbons (Fsp3) is 0.545. The Kier molecular flexibility index (Phi) is 4.81. The quantitative estimate of drug-likeness (QED) is 0.840. The molecule has 5 rings (SSSR count). The molecule has 2 atom stereocenters. The summed E-state index contributed by atoms with van der Waals surface area (Å²) in [7, 11) is 0. The van der Waals surface area contributed by atoms with Gasteiger partial charge in [0.15, 0.2) is 0 Å². The first-order chi connectivity index (χ1) is 14.2. The first-order valence-corrected chi connectivity index (χ1v) is 10.7. The van der Waals surface area contributed by atoms with Crippen LogP contribution in [0.1, 0.15) is 25.7 Å². The number of hydrogen-bond donors (Lipinski definition) is 1. The number of carbonyl (C=O) groups excluding carboxylic acids is 1. The van der Waals surface area contributed by atoms with Gasteiger partial charge in [-0.1, -0.05) is 6.07 Å². The van der Waals surface area contributed by atoms with E-state index in [2.05, 4.69) is 30.1 Å². The molecule has 7 nitrogen and oxygen atoms in total. The minimum Gasteiger partial charge on any atom is -0.355 e. The van der Waals surface area contributed by atoms with Gasteiger partial charge < -0.3 is 15.1 Å². The molecule has 3 fully saturated rings. The number of fused-ring (bicyclic) bond motifs is 1. The highest BCUT2D eigenvalue weighted by molar-refractivity contribution is 5.85. The van der Waals surface area contributed by atoms with Crippen LogP contribution < -0.4 is 15.1 Å². The Morgan fingerprint density at radius 2 is 1.86 bits per heavy atom. The molecule has 2 saturated heterocycles. The Hall–Kier alpha value is -2.70. The van der Waals surface area contributed by atoms with E-state index in [0.29, 0.717) is 5.92 Å². The molecule has 2 aromatic heterocycles. The maximum absolute atomic E-state index is 13.5. The normalized spacial score (nSPS) is 26.7. The van der Waals surface area contributed by atoms with E-state index in [1.165, 1.54) is 12.8 Å². The van der Waals surface area contributed by atoms with Gasteiger partial charge in [0, 0.05) is 57.2 Å². The van der Waals surface area contributed by atoms with Crippen LogP contribution in [-0.4, -0.2) is 53.6 Å². The Morgan fingerprint density at radius 3 is 2.62 bits per heavy atom. The highest BCUT2D eigenvalue weighted by Crippen LogP contribution is 2.44. The molecule has 3 aliphatic rings. The van der Waals surface area contributed by atoms with Crippen LogP contribution in [0.3, 0.4) is 0 Å². The Bertz CT molecular complexity index is 843. The minimum atomic E-state index is -0.379. The van der Waals surface area contributed by atoms with Crippen molar-refractivity contribution < 1.29 is 4.79 Å². The molecule has 2 aliphatic heterocycles. The number of rotatable bonds is 5. The molecule has 0 aromatic carbocycles. The van der Waals surface area contributed by atoms with E-state index in [4.69, 9.17) is 0 Å². The molecule has 7 heteroatoms. The van der Waals surface area contributed by atoms with Crippen LogP contribution in [0.4, 0.5) is 11.8 Å². The van der Waals surface area contributed by atoms with Crippen molar-refractivity contribution in [3.8, 4) is 0 Å². The molecule has 1 aliphatic carbocycles. The fourth-order valence-electron chi connectivity index (χ4n) is 4.89. The summed E-state index contributed by atoms with van der Waals surface area (Å²) in [6.45, 7) is 4.07. The topological polar surface area (TPSA) is 74.2 Å². The van der Waals surface area contributed by atoms with Gasteiger partial charge in [-0.25, -0.2) is 15.0 Å². The fourth-order valence-corrected chi connectivity index (χ4v) is 4.89. The molecule has 1 N–H and O–H groups in total. The number of aromatic nitrogens is 3. The van der Waals surface area contributed by atoms with E-state index in [9.17, 15) is 4.79 Å². The van der Waals surface area contributed by atoms with E-state index in [1.807, 2.05) is 30.5 Å². The molecule has 0 radical (unpaired) electrons. The van der Waals surface area contributed by atoms with Crippen molar-refractivity contribution in [3.63, 3.8) is 0 Å². The Balaban J connectivity index is 1.42. The third-order valence-electron chi connectivity index (χ3n) is 6.70. The molecular weight excluding hydrogens is 364 g/mol. The maximum Gasteiger partial charge on any atom is 0.228 e. The number of hydrogen-bond acceptors (Lipinski definition) is 6. The molecular formula is C22H28N6O. The number of amides is 1. The van der Waals surface area contributed by atoms with Crippen molar-refractivity contribution in [2.45, 2.75) is 25.7 Å². The molecule has 0 unspecified atom stereocenters. The summed E-state index contributed by atoms with van der Waals surface area (Å²) in [6.07, 6.45) is 9.75. The van der Waals surface area contributed by atoms with Crippen molar-refractivity contribution in [1.82, 2.24) is 20.3 Å². The molecule has 29 heavy (non-hydrogen) atoms. The lowest BCUT2D eigenvalue weighted by atomic mass is 9.74. The zero-order valence-corrected chi connectivity index (χ0v) is 16.7. The third-order valence-corrected chi connectivity index (χ3v) is 6.70. The Labute approximate surface area is 171 Å². The lowest BCUT2D eigenvalue weighted by molar-refractivity contribution is -0.132. The summed E-state index contributed by atoms with van der Waals surface area (Å²) in [4.78, 5) is 31.5. The van der Waals surface area contributed by atoms with Crippen LogP contribution in [0.15, 0.2) is 42.9 Å². The number of carbonyl (C=O) groups is 1. The molecule has 1 amide bonds. The summed E-state index contributed by atoms with van der Waals surface area (Å²) >= 11 is 0. The molecule has 2 aromatic rings. The summed E-state index contributed by atoms with van der Waals surface area (Å²) < 4.78 is 0. The summed E-state index contributed by atoms with van der Waals surface area (Å²) in [5.41, 5.74) is -0.379. The minimum absolute atomic E-state index is 0.218. The van der Waals surface area contributed by atoms with Gasteiger partial charge in [-0.3, -0.25) is 4.79 Å². The number of nitrogens with zero attached hydrogens (tertiary/aromatic N) is 5. The van der Waals surface area contributed by atoms with Crippen LogP contribution in [0.5, 0.6) is 0 Å². The Morgan fingerprint density at radius 1 is 1.07 bits per heavy atom. The predicted octanol–water partition coefficient (Wildman–Crippen LogP) is 2.12. The molecule has 1 saturated carbocycles. The van der Waals surface area contributed by atoms with Crippen LogP contribution in [0.2, 0.25) is 0 Å². The van der Waals surface area contributed by atoms with Gasteiger partial charge in [0.1, 0.15) is 5.82 Å². The number of nitrogens with one attached hydrogen (secondary N) is 1. The standard InChI is InChI=1S/C22H28N6O/c29-20(26-13-17-6-7-17)22-8-3-12-27(21-24-10-4-11-25-21)14-18(22)15-28(16-22)19-5-1-2-9-23-19/h1-2,4-5,9-11,17-18H,3,6-8,12-16H2,(H,26,29)/t18-,22+/m0/s1. The van der Waals surface area contributed by atoms with E-state index in [-0.39, 0.29) is 17.2 Å². The van der Waals surface area contributed by atoms with Gasteiger partial charge in [0.05, 0.1) is 5.41 Å². The van der Waals surface area contributed by atoms with Gasteiger partial charge in [-0.05, 0) is 49.8 Å². The average Bonchev–Trinajstić information content (AvgIpc) is 3.56. The van der Waals surface area contributed by atoms with E-state index in [0.717, 1.165) is 57.3 Å². The first kappa shape index (κ1) is 18.3. The zero-order chi connectivity index (χ0) is 19.7. The summed E-state index contributed by atoms with van der Waals surface area (Å²) in [5.74, 6) is 2.84. The predicted molar refractivity (Wildman–Crippen MR) is 112 cm³/mol. The highest BCUT2D eigenvalue weighted by atomic mass is 16.2. The van der Waals surface area contributed by atoms with Crippen LogP contribution in [0, 0.1) is 17.3 Å². The summed E-state index contributed by atoms with van der Waals surface area (Å²) in [5, 5.41) is 3.30. The highest BCUT2D eigenvalue weighted by Gasteiger charge is 2.53. The van der Waals surface area contributed by atoms with Gasteiger partial charge in [-0.2, -0.15) is 0 Å². The van der Waals surface area contributed by atoms with Gasteiger partial charge in [0.2, 0.25) is 11.9 Å². The van der Waals surface area contributed by atoms with Crippen LogP contribution in [0.25, 0.3) is 0 Å². The van der Waals surface area contributed by atoms with E-state index < -0.39 is 0 Å². The lowest BCUT2D eigenvalue weighted by Gasteiger charge is -2.32. The monoisotopic (exact) mass is 392 g/mol. The smallest absolute Gasteiger partial charge is 0.228 e. The largest absolute Gasteiger partial charge is 0.355 e. The molecule has 0 bridgehead atoms. The second-order valence-corrected chi connectivity index (χ2v) is 8.67. The number of anilines is 2. The third kappa shape index (κ3) is 3.66. The van der Waals surface area contributed by atoms with Crippen LogP contribution >= 0.6 is 0 Å². The van der Waals surface area contributed by atoms with Crippen molar-refractivity contribution in [3.05, 3.63) is 42.9 Å². The second-order valence-electron chi connectivity index (χ2n) is 8.67. The molecule has 0 spiro atoms. The zero-order valence-electron chi connectivity index (χ0n) is 16.7. The lowest BCUT2D eigenvalue weighted by Crippen LogP contribution is -2.48. The van der Waals surface area contributed by atoms with Gasteiger partial charge in [-0.15, -0.1) is 0 Å². The van der Waals surface area contributed by atoms with E-state index in [1.54, 1.807) is 12.4 Å². The second kappa shape index (κ2) is 7.61. The van der Waals surface area contributed by atoms with E-state index >= 15 is 0 Å². The van der Waals surface area contributed by atoms with Crippen LogP contribution in [-0.2, 0) is 4.79 Å². The van der Waals surface area contributed by atoms with Crippen molar-refractivity contribution in [2.75, 3.05) is 42.5 Å². The first-order valence-electron chi connectivity index (χ1n) is 10.7. The molecule has 4 heterocycles. The average molecular weight is 393 g/mol. The van der Waals surface area contributed by atoms with Gasteiger partial charge in [0.25, 0.3) is 0 Å². The van der Waals surface area contributed by atoms with Crippen molar-refractivity contribution >= 4 is 17.7 Å². The van der Waals surface area contributed by atoms with Crippen molar-refractivity contribution in [1.29, 1.82) is 0 Å². The maximum atomic E-state index is 13.5. The summed E-state index contributed by atoms with van der Waals surface area (Å²) in [6, 6.07) is 7.83. The number of pyridine rings is 1. The SMILES string of the molecule is O=C(NCC1CC1)[C@@]12CCCN(c3ncccn3)C[C@H]1CN(c1ccccn1)C2. The van der Waals surface area contributed by atoms with Gasteiger partial charge >= 0.3 is 0 Å². The van der Waals surface area contributed by atoms with Crippen molar-refractivity contribution in [2.24, 2.45) is 17.3 Å². The molecule has 152 valence electrons.